The number of nitrogens with one attached hydrogen (secondary N) is 1. The van der Waals surface area contributed by atoms with Crippen LogP contribution < -0.4 is 5.32 Å². The molecule has 0 aliphatic heterocycles. The zero-order chi connectivity index (χ0) is 15.3. The number of ether oxygens (including phenoxy) is 1. The highest BCUT2D eigenvalue weighted by molar-refractivity contribution is 5.95. The fraction of sp³-hybridized carbons (Fsp3) is 0.333. The molecule has 0 aliphatic rings. The minimum Gasteiger partial charge on any atom is -0.479 e. The largest absolute Gasteiger partial charge is 0.479 e. The average Bonchev–Trinajstić information content (AvgIpc) is 2.38. The van der Waals surface area contributed by atoms with Gasteiger partial charge < -0.3 is 15.2 Å². The molecule has 8 nitrogen and oxygen atoms in total. The molecule has 0 fully saturated rings. The van der Waals surface area contributed by atoms with Gasteiger partial charge in [0.05, 0.1) is 11.5 Å². The maximum absolute atomic E-state index is 11.8. The molecule has 1 amide bonds. The smallest absolute Gasteiger partial charge is 0.334 e. The summed E-state index contributed by atoms with van der Waals surface area (Å²) in [5.41, 5.74) is 0.486. The van der Waals surface area contributed by atoms with Crippen LogP contribution in [0.4, 0.5) is 5.69 Å². The van der Waals surface area contributed by atoms with E-state index in [4.69, 9.17) is 5.11 Å². The fourth-order valence-corrected chi connectivity index (χ4v) is 1.56. The second kappa shape index (κ2) is 6.62. The van der Waals surface area contributed by atoms with Crippen molar-refractivity contribution in [2.45, 2.75) is 13.0 Å². The van der Waals surface area contributed by atoms with Gasteiger partial charge in [-0.1, -0.05) is 0 Å². The van der Waals surface area contributed by atoms with Crippen molar-refractivity contribution in [1.29, 1.82) is 0 Å². The molecule has 1 unspecified atom stereocenters. The molecule has 0 spiro atoms. The standard InChI is InChI=1S/C12H14N2O6/c1-7-5-8(3-4-9(7)14(18)19)11(15)13-6-10(20-2)12(16)17/h3-5,10H,6H2,1-2H3,(H,13,15)(H,16,17). The Kier molecular flexibility index (Phi) is 5.15. The summed E-state index contributed by atoms with van der Waals surface area (Å²) in [5, 5.41) is 21.8. The van der Waals surface area contributed by atoms with Gasteiger partial charge in [0.25, 0.3) is 11.6 Å². The van der Waals surface area contributed by atoms with E-state index in [1.807, 2.05) is 0 Å². The predicted octanol–water partition coefficient (Wildman–Crippen LogP) is 0.733. The predicted molar refractivity (Wildman–Crippen MR) is 68.6 cm³/mol. The van der Waals surface area contributed by atoms with Crippen molar-refractivity contribution >= 4 is 17.6 Å². The molecule has 0 aromatic heterocycles. The lowest BCUT2D eigenvalue weighted by Crippen LogP contribution is -2.37. The van der Waals surface area contributed by atoms with Gasteiger partial charge in [0, 0.05) is 24.3 Å². The van der Waals surface area contributed by atoms with Crippen LogP contribution in [0.3, 0.4) is 0 Å². The normalized spacial score (nSPS) is 11.7. The van der Waals surface area contributed by atoms with E-state index < -0.39 is 22.9 Å². The molecule has 1 aromatic rings. The molecule has 8 heteroatoms. The molecular formula is C12H14N2O6. The van der Waals surface area contributed by atoms with Gasteiger partial charge in [-0.2, -0.15) is 0 Å². The number of carbonyl (C=O) groups excluding carboxylic acids is 1. The van der Waals surface area contributed by atoms with Crippen LogP contribution in [-0.4, -0.2) is 41.7 Å². The summed E-state index contributed by atoms with van der Waals surface area (Å²) in [6.45, 7) is 1.32. The summed E-state index contributed by atoms with van der Waals surface area (Å²) in [4.78, 5) is 32.6. The number of rotatable bonds is 6. The van der Waals surface area contributed by atoms with Crippen molar-refractivity contribution in [1.82, 2.24) is 5.32 Å². The van der Waals surface area contributed by atoms with E-state index in [-0.39, 0.29) is 17.8 Å². The first kappa shape index (κ1) is 15.6. The number of amides is 1. The maximum atomic E-state index is 11.8. The monoisotopic (exact) mass is 282 g/mol. The molecule has 2 N–H and O–H groups in total. The van der Waals surface area contributed by atoms with E-state index >= 15 is 0 Å². The Labute approximate surface area is 114 Å². The number of hydrogen-bond acceptors (Lipinski definition) is 5. The number of methoxy groups -OCH3 is 1. The molecule has 108 valence electrons. The van der Waals surface area contributed by atoms with Gasteiger partial charge in [-0.15, -0.1) is 0 Å². The number of carboxylic acids is 1. The number of nitro groups is 1. The zero-order valence-corrected chi connectivity index (χ0v) is 11.0. The SMILES string of the molecule is COC(CNC(=O)c1ccc([N+](=O)[O-])c(C)c1)C(=O)O. The van der Waals surface area contributed by atoms with Gasteiger partial charge in [-0.3, -0.25) is 14.9 Å². The Morgan fingerprint density at radius 1 is 1.50 bits per heavy atom. The van der Waals surface area contributed by atoms with Gasteiger partial charge in [0.15, 0.2) is 6.10 Å². The number of carboxylic acid groups (broad SMARTS) is 1. The van der Waals surface area contributed by atoms with Gasteiger partial charge in [0.1, 0.15) is 0 Å². The molecule has 0 heterocycles. The van der Waals surface area contributed by atoms with E-state index in [2.05, 4.69) is 10.1 Å². The molecule has 1 aromatic carbocycles. The van der Waals surface area contributed by atoms with Gasteiger partial charge in [0.2, 0.25) is 0 Å². The molecule has 0 radical (unpaired) electrons. The van der Waals surface area contributed by atoms with Crippen LogP contribution in [0, 0.1) is 17.0 Å². The minimum absolute atomic E-state index is 0.0816. The van der Waals surface area contributed by atoms with E-state index in [0.29, 0.717) is 5.56 Å². The van der Waals surface area contributed by atoms with Crippen LogP contribution in [0.2, 0.25) is 0 Å². The van der Waals surface area contributed by atoms with Gasteiger partial charge in [-0.05, 0) is 19.1 Å². The fourth-order valence-electron chi connectivity index (χ4n) is 1.56. The molecule has 1 rings (SSSR count). The van der Waals surface area contributed by atoms with Crippen LogP contribution in [0.25, 0.3) is 0 Å². The minimum atomic E-state index is -1.19. The van der Waals surface area contributed by atoms with E-state index in [1.54, 1.807) is 0 Å². The number of benzene rings is 1. The van der Waals surface area contributed by atoms with Crippen molar-refractivity contribution in [2.24, 2.45) is 0 Å². The van der Waals surface area contributed by atoms with Crippen molar-refractivity contribution in [2.75, 3.05) is 13.7 Å². The highest BCUT2D eigenvalue weighted by atomic mass is 16.6. The Morgan fingerprint density at radius 2 is 2.15 bits per heavy atom. The number of aryl methyl sites for hydroxylation is 1. The molecule has 0 saturated heterocycles. The van der Waals surface area contributed by atoms with Crippen LogP contribution in [0.1, 0.15) is 15.9 Å². The van der Waals surface area contributed by atoms with Crippen molar-refractivity contribution < 1.29 is 24.4 Å². The van der Waals surface area contributed by atoms with Crippen molar-refractivity contribution in [3.63, 3.8) is 0 Å². The molecule has 20 heavy (non-hydrogen) atoms. The summed E-state index contributed by atoms with van der Waals surface area (Å²) in [6, 6.07) is 3.91. The molecule has 0 aliphatic carbocycles. The van der Waals surface area contributed by atoms with Crippen LogP contribution in [-0.2, 0) is 9.53 Å². The second-order valence-corrected chi connectivity index (χ2v) is 4.03. The Balaban J connectivity index is 2.76. The Hall–Kier alpha value is -2.48. The van der Waals surface area contributed by atoms with Crippen LogP contribution >= 0.6 is 0 Å². The first-order chi connectivity index (χ1) is 9.36. The summed E-state index contributed by atoms with van der Waals surface area (Å²) in [5.74, 6) is -1.71. The highest BCUT2D eigenvalue weighted by Crippen LogP contribution is 2.18. The first-order valence-electron chi connectivity index (χ1n) is 5.65. The molecule has 1 atom stereocenters. The quantitative estimate of drug-likeness (QED) is 0.586. The number of nitrogens with zero attached hydrogens (tertiary/aromatic N) is 1. The van der Waals surface area contributed by atoms with Gasteiger partial charge in [-0.25, -0.2) is 4.79 Å². The summed E-state index contributed by atoms with van der Waals surface area (Å²) < 4.78 is 4.67. The third kappa shape index (κ3) is 3.75. The first-order valence-corrected chi connectivity index (χ1v) is 5.65. The third-order valence-corrected chi connectivity index (χ3v) is 2.66. The van der Waals surface area contributed by atoms with Gasteiger partial charge >= 0.3 is 5.97 Å². The highest BCUT2D eigenvalue weighted by Gasteiger charge is 2.18. The number of hydrogen-bond donors (Lipinski definition) is 2. The van der Waals surface area contributed by atoms with E-state index in [9.17, 15) is 19.7 Å². The van der Waals surface area contributed by atoms with E-state index in [0.717, 1.165) is 0 Å². The number of nitro benzene ring substituents is 1. The van der Waals surface area contributed by atoms with E-state index in [1.165, 1.54) is 32.2 Å². The average molecular weight is 282 g/mol. The zero-order valence-electron chi connectivity index (χ0n) is 11.0. The summed E-state index contributed by atoms with van der Waals surface area (Å²) >= 11 is 0. The maximum Gasteiger partial charge on any atom is 0.334 e. The second-order valence-electron chi connectivity index (χ2n) is 4.03. The molecular weight excluding hydrogens is 268 g/mol. The molecule has 0 bridgehead atoms. The Bertz CT molecular complexity index is 543. The summed E-state index contributed by atoms with van der Waals surface area (Å²) in [6.07, 6.45) is -1.14. The van der Waals surface area contributed by atoms with Crippen LogP contribution in [0.5, 0.6) is 0 Å². The lowest BCUT2D eigenvalue weighted by atomic mass is 10.1. The number of aliphatic carboxylic acids is 1. The number of carbonyl (C=O) groups is 2. The third-order valence-electron chi connectivity index (χ3n) is 2.66. The van der Waals surface area contributed by atoms with Crippen LogP contribution in [0.15, 0.2) is 18.2 Å². The molecule has 0 saturated carbocycles. The topological polar surface area (TPSA) is 119 Å². The Morgan fingerprint density at radius 3 is 2.60 bits per heavy atom. The lowest BCUT2D eigenvalue weighted by molar-refractivity contribution is -0.385. The lowest BCUT2D eigenvalue weighted by Gasteiger charge is -2.11. The summed E-state index contributed by atoms with van der Waals surface area (Å²) in [7, 11) is 1.22. The van der Waals surface area contributed by atoms with Crippen molar-refractivity contribution in [3.8, 4) is 0 Å². The van der Waals surface area contributed by atoms with Crippen molar-refractivity contribution in [3.05, 3.63) is 39.4 Å².